The molecule has 0 unspecified atom stereocenters. The SMILES string of the molecule is Cc1cccc2c3ccccc3n3cc(-n4c(C)cc5ccccc54)[n+](C)c3c12. The number of aromatic nitrogens is 3. The van der Waals surface area contributed by atoms with Crippen LogP contribution in [0.2, 0.25) is 0 Å². The van der Waals surface area contributed by atoms with Gasteiger partial charge >= 0.3 is 0 Å². The monoisotopic (exact) mass is 376 g/mol. The molecule has 0 atom stereocenters. The summed E-state index contributed by atoms with van der Waals surface area (Å²) in [5.74, 6) is 1.17. The third kappa shape index (κ3) is 2.10. The van der Waals surface area contributed by atoms with Crippen molar-refractivity contribution in [1.29, 1.82) is 0 Å². The van der Waals surface area contributed by atoms with Gasteiger partial charge in [0.15, 0.2) is 0 Å². The second-order valence-electron chi connectivity index (χ2n) is 7.93. The van der Waals surface area contributed by atoms with Crippen LogP contribution in [-0.2, 0) is 7.05 Å². The van der Waals surface area contributed by atoms with E-state index < -0.39 is 0 Å². The van der Waals surface area contributed by atoms with Crippen LogP contribution in [0, 0.1) is 13.8 Å². The van der Waals surface area contributed by atoms with Gasteiger partial charge < -0.3 is 0 Å². The molecule has 0 saturated carbocycles. The Labute approximate surface area is 169 Å². The minimum Gasteiger partial charge on any atom is -0.231 e. The zero-order valence-corrected chi connectivity index (χ0v) is 16.8. The lowest BCUT2D eigenvalue weighted by molar-refractivity contribution is -0.637. The van der Waals surface area contributed by atoms with Crippen molar-refractivity contribution in [2.75, 3.05) is 0 Å². The molecule has 0 aliphatic heterocycles. The van der Waals surface area contributed by atoms with E-state index in [-0.39, 0.29) is 0 Å². The molecule has 0 amide bonds. The van der Waals surface area contributed by atoms with E-state index in [0.717, 1.165) is 0 Å². The first kappa shape index (κ1) is 16.4. The molecule has 29 heavy (non-hydrogen) atoms. The highest BCUT2D eigenvalue weighted by molar-refractivity contribution is 6.12. The van der Waals surface area contributed by atoms with Crippen LogP contribution < -0.4 is 4.57 Å². The fraction of sp³-hybridized carbons (Fsp3) is 0.115. The first-order valence-corrected chi connectivity index (χ1v) is 10.0. The molecular weight excluding hydrogens is 354 g/mol. The molecule has 140 valence electrons. The van der Waals surface area contributed by atoms with Gasteiger partial charge in [0.2, 0.25) is 5.65 Å². The summed E-state index contributed by atoms with van der Waals surface area (Å²) >= 11 is 0. The van der Waals surface area contributed by atoms with E-state index in [2.05, 4.69) is 113 Å². The molecule has 0 aliphatic carbocycles. The normalized spacial score (nSPS) is 12.0. The lowest BCUT2D eigenvalue weighted by atomic mass is 10.0. The van der Waals surface area contributed by atoms with Crippen LogP contribution in [0.3, 0.4) is 0 Å². The fourth-order valence-corrected chi connectivity index (χ4v) is 4.91. The third-order valence-corrected chi connectivity index (χ3v) is 6.21. The van der Waals surface area contributed by atoms with Gasteiger partial charge in [-0.2, -0.15) is 0 Å². The van der Waals surface area contributed by atoms with Gasteiger partial charge in [0.25, 0.3) is 5.82 Å². The number of para-hydroxylation sites is 2. The summed E-state index contributed by atoms with van der Waals surface area (Å²) in [4.78, 5) is 0. The number of nitrogens with zero attached hydrogens (tertiary/aromatic N) is 3. The number of pyridine rings is 1. The number of rotatable bonds is 1. The van der Waals surface area contributed by atoms with Gasteiger partial charge in [0.05, 0.1) is 18.1 Å². The quantitative estimate of drug-likeness (QED) is 0.261. The first-order valence-electron chi connectivity index (χ1n) is 10.0. The van der Waals surface area contributed by atoms with Crippen molar-refractivity contribution in [1.82, 2.24) is 8.97 Å². The molecule has 0 bridgehead atoms. The van der Waals surface area contributed by atoms with E-state index in [4.69, 9.17) is 0 Å². The average molecular weight is 376 g/mol. The smallest absolute Gasteiger partial charge is 0.231 e. The number of aryl methyl sites for hydroxylation is 3. The number of hydrogen-bond donors (Lipinski definition) is 0. The van der Waals surface area contributed by atoms with Crippen LogP contribution >= 0.6 is 0 Å². The highest BCUT2D eigenvalue weighted by atomic mass is 15.2. The van der Waals surface area contributed by atoms with Gasteiger partial charge in [-0.05, 0) is 43.0 Å². The Balaban J connectivity index is 1.86. The van der Waals surface area contributed by atoms with Gasteiger partial charge in [-0.3, -0.25) is 0 Å². The number of fused-ring (bicyclic) bond motifs is 7. The molecule has 3 heteroatoms. The van der Waals surface area contributed by atoms with Crippen molar-refractivity contribution in [2.24, 2.45) is 7.05 Å². The molecule has 3 aromatic carbocycles. The highest BCUT2D eigenvalue weighted by Gasteiger charge is 2.24. The standard InChI is InChI=1S/C26H22N3/c1-17-9-8-12-21-20-11-5-7-14-23(20)28-16-24(27(3)26(28)25(17)21)29-18(2)15-19-10-4-6-13-22(19)29/h4-16H,1-3H3/q+1. The highest BCUT2D eigenvalue weighted by Crippen LogP contribution is 2.32. The fourth-order valence-electron chi connectivity index (χ4n) is 4.91. The Bertz CT molecular complexity index is 1580. The molecule has 6 rings (SSSR count). The molecule has 0 aliphatic rings. The molecule has 0 radical (unpaired) electrons. The summed E-state index contributed by atoms with van der Waals surface area (Å²) in [6.07, 6.45) is 2.28. The maximum atomic E-state index is 2.36. The second kappa shape index (κ2) is 5.71. The minimum absolute atomic E-state index is 1.17. The first-order chi connectivity index (χ1) is 14.1. The summed E-state index contributed by atoms with van der Waals surface area (Å²) in [5, 5.41) is 5.18. The Kier molecular flexibility index (Phi) is 3.22. The summed E-state index contributed by atoms with van der Waals surface area (Å²) < 4.78 is 7.05. The van der Waals surface area contributed by atoms with Gasteiger partial charge in [-0.1, -0.05) is 54.6 Å². The summed E-state index contributed by atoms with van der Waals surface area (Å²) in [7, 11) is 2.18. The maximum absolute atomic E-state index is 2.36. The molecule has 3 heterocycles. The van der Waals surface area contributed by atoms with E-state index in [0.29, 0.717) is 0 Å². The van der Waals surface area contributed by atoms with Crippen LogP contribution in [0.1, 0.15) is 11.3 Å². The van der Waals surface area contributed by atoms with Crippen LogP contribution in [-0.4, -0.2) is 8.97 Å². The van der Waals surface area contributed by atoms with Crippen molar-refractivity contribution in [3.8, 4) is 5.82 Å². The number of benzene rings is 3. The second-order valence-corrected chi connectivity index (χ2v) is 7.93. The molecule has 6 aromatic rings. The molecule has 3 nitrogen and oxygen atoms in total. The Morgan fingerprint density at radius 2 is 1.48 bits per heavy atom. The Morgan fingerprint density at radius 1 is 0.759 bits per heavy atom. The predicted molar refractivity (Wildman–Crippen MR) is 120 cm³/mol. The van der Waals surface area contributed by atoms with Crippen molar-refractivity contribution in [3.63, 3.8) is 0 Å². The summed E-state index contributed by atoms with van der Waals surface area (Å²) in [5.41, 5.74) is 6.23. The minimum atomic E-state index is 1.17. The van der Waals surface area contributed by atoms with Gasteiger partial charge in [0, 0.05) is 10.8 Å². The van der Waals surface area contributed by atoms with Crippen molar-refractivity contribution in [3.05, 3.63) is 90.3 Å². The predicted octanol–water partition coefficient (Wildman–Crippen LogP) is 5.63. The molecular formula is C26H22N3+. The van der Waals surface area contributed by atoms with E-state index >= 15 is 0 Å². The Morgan fingerprint density at radius 3 is 2.34 bits per heavy atom. The number of hydrogen-bond acceptors (Lipinski definition) is 0. The third-order valence-electron chi connectivity index (χ3n) is 6.21. The van der Waals surface area contributed by atoms with E-state index in [1.165, 1.54) is 55.3 Å². The molecule has 3 aromatic heterocycles. The average Bonchev–Trinajstić information content (AvgIpc) is 3.24. The molecule has 0 fully saturated rings. The van der Waals surface area contributed by atoms with Crippen molar-refractivity contribution in [2.45, 2.75) is 13.8 Å². The van der Waals surface area contributed by atoms with Gasteiger partial charge in [0.1, 0.15) is 17.2 Å². The Hall–Kier alpha value is -3.59. The lowest BCUT2D eigenvalue weighted by Gasteiger charge is -2.08. The van der Waals surface area contributed by atoms with Crippen molar-refractivity contribution < 1.29 is 4.57 Å². The molecule has 0 spiro atoms. The van der Waals surface area contributed by atoms with Crippen LogP contribution in [0.25, 0.3) is 44.0 Å². The van der Waals surface area contributed by atoms with Crippen LogP contribution in [0.15, 0.2) is 79.0 Å². The van der Waals surface area contributed by atoms with E-state index in [1.807, 2.05) is 0 Å². The van der Waals surface area contributed by atoms with E-state index in [9.17, 15) is 0 Å². The lowest BCUT2D eigenvalue weighted by Crippen LogP contribution is -2.32. The van der Waals surface area contributed by atoms with Crippen LogP contribution in [0.4, 0.5) is 0 Å². The van der Waals surface area contributed by atoms with Gasteiger partial charge in [-0.15, -0.1) is 0 Å². The van der Waals surface area contributed by atoms with E-state index in [1.54, 1.807) is 0 Å². The zero-order valence-electron chi connectivity index (χ0n) is 16.8. The topological polar surface area (TPSA) is 13.2 Å². The van der Waals surface area contributed by atoms with Crippen molar-refractivity contribution >= 4 is 38.2 Å². The zero-order chi connectivity index (χ0) is 19.7. The summed E-state index contributed by atoms with van der Waals surface area (Å²) in [6.45, 7) is 4.39. The summed E-state index contributed by atoms with van der Waals surface area (Å²) in [6, 6.07) is 26.2. The molecule has 0 saturated heterocycles. The van der Waals surface area contributed by atoms with Gasteiger partial charge in [-0.25, -0.2) is 13.5 Å². The number of imidazole rings is 1. The largest absolute Gasteiger partial charge is 0.265 e. The maximum Gasteiger partial charge on any atom is 0.265 e. The molecule has 0 N–H and O–H groups in total. The van der Waals surface area contributed by atoms with Crippen LogP contribution in [0.5, 0.6) is 0 Å².